The lowest BCUT2D eigenvalue weighted by molar-refractivity contribution is -0.107. The first kappa shape index (κ1) is 16.2. The summed E-state index contributed by atoms with van der Waals surface area (Å²) in [6, 6.07) is 10.4. The first-order chi connectivity index (χ1) is 11.4. The third kappa shape index (κ3) is 3.16. The summed E-state index contributed by atoms with van der Waals surface area (Å²) in [6.07, 6.45) is 1.83. The molecule has 0 fully saturated rings. The molecule has 1 aromatic carbocycles. The lowest BCUT2D eigenvalue weighted by Crippen LogP contribution is -2.03. The molecule has 0 aliphatic heterocycles. The fraction of sp³-hybridized carbons (Fsp3) is 0.118. The summed E-state index contributed by atoms with van der Waals surface area (Å²) in [5.41, 5.74) is 1.89. The van der Waals surface area contributed by atoms with Crippen molar-refractivity contribution in [2.45, 2.75) is 11.4 Å². The summed E-state index contributed by atoms with van der Waals surface area (Å²) < 4.78 is 36.9. The van der Waals surface area contributed by atoms with E-state index in [2.05, 4.69) is 9.97 Å². The average molecular weight is 344 g/mol. The van der Waals surface area contributed by atoms with E-state index < -0.39 is 15.7 Å². The van der Waals surface area contributed by atoms with E-state index in [0.29, 0.717) is 34.1 Å². The third-order valence-electron chi connectivity index (χ3n) is 3.51. The average Bonchev–Trinajstić information content (AvgIpc) is 2.54. The van der Waals surface area contributed by atoms with Gasteiger partial charge in [-0.15, -0.1) is 0 Å². The third-order valence-corrected chi connectivity index (χ3v) is 4.50. The summed E-state index contributed by atoms with van der Waals surface area (Å²) in [7, 11) is -3.47. The second-order valence-electron chi connectivity index (χ2n) is 5.32. The van der Waals surface area contributed by atoms with E-state index in [4.69, 9.17) is 0 Å². The number of benzene rings is 1. The van der Waals surface area contributed by atoms with Gasteiger partial charge < -0.3 is 4.79 Å². The molecule has 3 aromatic rings. The molecule has 0 N–H and O–H groups in total. The molecule has 5 nitrogen and oxygen atoms in total. The molecule has 0 aliphatic rings. The Balaban J connectivity index is 2.27. The van der Waals surface area contributed by atoms with E-state index in [0.717, 1.165) is 6.26 Å². The van der Waals surface area contributed by atoms with Crippen LogP contribution in [0.2, 0.25) is 0 Å². The zero-order chi connectivity index (χ0) is 17.3. The monoisotopic (exact) mass is 344 g/mol. The van der Waals surface area contributed by atoms with Crippen molar-refractivity contribution >= 4 is 27.0 Å². The number of aldehydes is 1. The van der Waals surface area contributed by atoms with Gasteiger partial charge in [0, 0.05) is 23.6 Å². The molecule has 0 amide bonds. The molecule has 0 spiro atoms. The van der Waals surface area contributed by atoms with Crippen molar-refractivity contribution < 1.29 is 17.6 Å². The zero-order valence-electron chi connectivity index (χ0n) is 12.7. The summed E-state index contributed by atoms with van der Waals surface area (Å²) in [5, 5.41) is 0.475. The lowest BCUT2D eigenvalue weighted by Gasteiger charge is -2.10. The Kier molecular flexibility index (Phi) is 4.11. The summed E-state index contributed by atoms with van der Waals surface area (Å²) in [6.45, 7) is 0. The van der Waals surface area contributed by atoms with Gasteiger partial charge in [-0.05, 0) is 36.4 Å². The van der Waals surface area contributed by atoms with Crippen LogP contribution in [0.25, 0.3) is 22.2 Å². The molecule has 2 aromatic heterocycles. The van der Waals surface area contributed by atoms with Gasteiger partial charge >= 0.3 is 0 Å². The van der Waals surface area contributed by atoms with E-state index in [-0.39, 0.29) is 11.4 Å². The van der Waals surface area contributed by atoms with Crippen LogP contribution in [0.3, 0.4) is 0 Å². The van der Waals surface area contributed by atoms with E-state index >= 15 is 0 Å². The van der Waals surface area contributed by atoms with Gasteiger partial charge in [-0.1, -0.05) is 6.07 Å². The fourth-order valence-electron chi connectivity index (χ4n) is 2.41. The summed E-state index contributed by atoms with van der Waals surface area (Å²) in [4.78, 5) is 19.5. The maximum atomic E-state index is 13.5. The molecule has 0 saturated heterocycles. The Morgan fingerprint density at radius 1 is 1.12 bits per heavy atom. The summed E-state index contributed by atoms with van der Waals surface area (Å²) in [5.74, 6) is -0.406. The first-order valence-electron chi connectivity index (χ1n) is 7.09. The zero-order valence-corrected chi connectivity index (χ0v) is 13.5. The Hall–Kier alpha value is -2.67. The van der Waals surface area contributed by atoms with Gasteiger partial charge in [0.1, 0.15) is 12.1 Å². The number of hydrogen-bond acceptors (Lipinski definition) is 5. The highest BCUT2D eigenvalue weighted by molar-refractivity contribution is 7.90. The fourth-order valence-corrected chi connectivity index (χ4v) is 3.00. The van der Waals surface area contributed by atoms with Crippen molar-refractivity contribution in [3.05, 3.63) is 54.0 Å². The Morgan fingerprint density at radius 3 is 2.62 bits per heavy atom. The molecule has 7 heteroatoms. The van der Waals surface area contributed by atoms with Crippen molar-refractivity contribution in [1.29, 1.82) is 0 Å². The maximum Gasteiger partial charge on any atom is 0.192 e. The molecule has 2 heterocycles. The number of fused-ring (bicyclic) bond motifs is 1. The molecular weight excluding hydrogens is 331 g/mol. The SMILES string of the molecule is CS(=O)(=O)c1cccc(-c2cc3cc(F)ccc3nc2CC=O)n1. The van der Waals surface area contributed by atoms with Crippen LogP contribution in [-0.2, 0) is 21.1 Å². The van der Waals surface area contributed by atoms with E-state index in [9.17, 15) is 17.6 Å². The second-order valence-corrected chi connectivity index (χ2v) is 7.29. The molecule has 0 atom stereocenters. The molecule has 0 bridgehead atoms. The number of carbonyl (C=O) groups excluding carboxylic acids is 1. The maximum absolute atomic E-state index is 13.5. The van der Waals surface area contributed by atoms with Gasteiger partial charge in [0.25, 0.3) is 0 Å². The highest BCUT2D eigenvalue weighted by Gasteiger charge is 2.14. The highest BCUT2D eigenvalue weighted by atomic mass is 32.2. The minimum atomic E-state index is -3.47. The predicted molar refractivity (Wildman–Crippen MR) is 87.8 cm³/mol. The molecule has 0 unspecified atom stereocenters. The van der Waals surface area contributed by atoms with Crippen LogP contribution in [0.5, 0.6) is 0 Å². The Labute approximate surface area is 138 Å². The second kappa shape index (κ2) is 6.09. The molecule has 3 rings (SSSR count). The number of halogens is 1. The molecule has 0 radical (unpaired) electrons. The molecular formula is C17H13FN2O3S. The topological polar surface area (TPSA) is 77.0 Å². The lowest BCUT2D eigenvalue weighted by atomic mass is 10.0. The van der Waals surface area contributed by atoms with Gasteiger partial charge in [-0.25, -0.2) is 17.8 Å². The number of rotatable bonds is 4. The van der Waals surface area contributed by atoms with Crippen LogP contribution in [0.4, 0.5) is 4.39 Å². The van der Waals surface area contributed by atoms with Crippen LogP contribution in [0.15, 0.2) is 47.5 Å². The van der Waals surface area contributed by atoms with Gasteiger partial charge in [-0.2, -0.15) is 0 Å². The van der Waals surface area contributed by atoms with Crippen LogP contribution >= 0.6 is 0 Å². The predicted octanol–water partition coefficient (Wildman–Crippen LogP) is 2.58. The molecule has 122 valence electrons. The van der Waals surface area contributed by atoms with Gasteiger partial charge in [0.05, 0.1) is 16.9 Å². The van der Waals surface area contributed by atoms with Crippen molar-refractivity contribution in [2.75, 3.05) is 6.26 Å². The van der Waals surface area contributed by atoms with Crippen molar-refractivity contribution in [2.24, 2.45) is 0 Å². The smallest absolute Gasteiger partial charge is 0.192 e. The number of carbonyl (C=O) groups is 1. The van der Waals surface area contributed by atoms with Crippen LogP contribution in [0.1, 0.15) is 5.69 Å². The number of aromatic nitrogens is 2. The van der Waals surface area contributed by atoms with Crippen molar-refractivity contribution in [3.8, 4) is 11.3 Å². The molecule has 0 aliphatic carbocycles. The number of nitrogens with zero attached hydrogens (tertiary/aromatic N) is 2. The quantitative estimate of drug-likeness (QED) is 0.680. The molecule has 0 saturated carbocycles. The normalized spacial score (nSPS) is 11.6. The van der Waals surface area contributed by atoms with E-state index in [1.165, 1.54) is 24.3 Å². The van der Waals surface area contributed by atoms with E-state index in [1.54, 1.807) is 18.2 Å². The minimum absolute atomic E-state index is 0.0490. The number of pyridine rings is 2. The standard InChI is InChI=1S/C17H13FN2O3S/c1-24(22,23)17-4-2-3-15(20-17)13-10-11-9-12(18)5-6-14(11)19-16(13)7-8-21/h2-6,8-10H,7H2,1H3. The van der Waals surface area contributed by atoms with Crippen molar-refractivity contribution in [3.63, 3.8) is 0 Å². The highest BCUT2D eigenvalue weighted by Crippen LogP contribution is 2.27. The number of hydrogen-bond donors (Lipinski definition) is 0. The first-order valence-corrected chi connectivity index (χ1v) is 8.98. The van der Waals surface area contributed by atoms with Gasteiger partial charge in [0.15, 0.2) is 14.9 Å². The van der Waals surface area contributed by atoms with Crippen LogP contribution in [-0.4, -0.2) is 30.9 Å². The van der Waals surface area contributed by atoms with Gasteiger partial charge in [-0.3, -0.25) is 4.98 Å². The minimum Gasteiger partial charge on any atom is -0.303 e. The van der Waals surface area contributed by atoms with Crippen molar-refractivity contribution in [1.82, 2.24) is 9.97 Å². The van der Waals surface area contributed by atoms with Gasteiger partial charge in [0.2, 0.25) is 0 Å². The van der Waals surface area contributed by atoms with E-state index in [1.807, 2.05) is 0 Å². The Morgan fingerprint density at radius 2 is 1.92 bits per heavy atom. The number of sulfone groups is 1. The van der Waals surface area contributed by atoms with Crippen LogP contribution < -0.4 is 0 Å². The Bertz CT molecular complexity index is 1050. The summed E-state index contributed by atoms with van der Waals surface area (Å²) >= 11 is 0. The largest absolute Gasteiger partial charge is 0.303 e. The van der Waals surface area contributed by atoms with Crippen LogP contribution in [0, 0.1) is 5.82 Å². The molecule has 24 heavy (non-hydrogen) atoms.